The van der Waals surface area contributed by atoms with Crippen LogP contribution in [0.2, 0.25) is 0 Å². The Morgan fingerprint density at radius 2 is 1.95 bits per heavy atom. The molecular weight excluding hydrogens is 232 g/mol. The number of nitrogens with two attached hydrogens (primary N) is 1. The van der Waals surface area contributed by atoms with Gasteiger partial charge in [-0.05, 0) is 24.1 Å². The summed E-state index contributed by atoms with van der Waals surface area (Å²) in [5.74, 6) is 0. The second-order valence-electron chi connectivity index (χ2n) is 5.26. The average Bonchev–Trinajstić information content (AvgIpc) is 2.46. The first-order valence-corrected chi connectivity index (χ1v) is 7.41. The third kappa shape index (κ3) is 4.03. The summed E-state index contributed by atoms with van der Waals surface area (Å²) in [6.45, 7) is 2.24. The molecule has 2 nitrogen and oxygen atoms in total. The first kappa shape index (κ1) is 14.0. The number of pyridine rings is 1. The molecule has 0 aliphatic heterocycles. The van der Waals surface area contributed by atoms with Gasteiger partial charge in [0.1, 0.15) is 0 Å². The van der Waals surface area contributed by atoms with Crippen LogP contribution in [0.15, 0.2) is 36.5 Å². The van der Waals surface area contributed by atoms with Crippen LogP contribution in [-0.4, -0.2) is 4.98 Å². The van der Waals surface area contributed by atoms with Crippen LogP contribution in [0, 0.1) is 0 Å². The smallest absolute Gasteiger partial charge is 0.0705 e. The van der Waals surface area contributed by atoms with Gasteiger partial charge in [-0.3, -0.25) is 4.98 Å². The molecule has 0 saturated carbocycles. The van der Waals surface area contributed by atoms with E-state index in [2.05, 4.69) is 36.2 Å². The Balaban J connectivity index is 1.91. The van der Waals surface area contributed by atoms with Crippen molar-refractivity contribution in [1.29, 1.82) is 0 Å². The Bertz CT molecular complexity index is 507. The molecule has 1 aromatic carbocycles. The van der Waals surface area contributed by atoms with E-state index in [1.165, 1.54) is 43.1 Å². The SMILES string of the molecule is CCCCCCCC(N)c1ccc2cccnc2c1. The molecule has 1 aromatic heterocycles. The van der Waals surface area contributed by atoms with Crippen LogP contribution in [0.5, 0.6) is 0 Å². The van der Waals surface area contributed by atoms with Gasteiger partial charge in [0.2, 0.25) is 0 Å². The van der Waals surface area contributed by atoms with Gasteiger partial charge in [-0.1, -0.05) is 57.2 Å². The highest BCUT2D eigenvalue weighted by Crippen LogP contribution is 2.21. The Morgan fingerprint density at radius 3 is 2.79 bits per heavy atom. The summed E-state index contributed by atoms with van der Waals surface area (Å²) >= 11 is 0. The number of nitrogens with zero attached hydrogens (tertiary/aromatic N) is 1. The van der Waals surface area contributed by atoms with Crippen molar-refractivity contribution < 1.29 is 0 Å². The number of hydrogen-bond donors (Lipinski definition) is 1. The van der Waals surface area contributed by atoms with Crippen LogP contribution in [0.4, 0.5) is 0 Å². The Morgan fingerprint density at radius 1 is 1.11 bits per heavy atom. The third-order valence-electron chi connectivity index (χ3n) is 3.68. The molecule has 19 heavy (non-hydrogen) atoms. The normalized spacial score (nSPS) is 12.7. The van der Waals surface area contributed by atoms with Crippen LogP contribution in [-0.2, 0) is 0 Å². The molecule has 0 aliphatic carbocycles. The molecular formula is C17H24N2. The van der Waals surface area contributed by atoms with Crippen molar-refractivity contribution in [2.24, 2.45) is 5.73 Å². The highest BCUT2D eigenvalue weighted by molar-refractivity contribution is 5.78. The van der Waals surface area contributed by atoms with E-state index in [0.29, 0.717) is 0 Å². The maximum Gasteiger partial charge on any atom is 0.0705 e. The number of unbranched alkanes of at least 4 members (excludes halogenated alkanes) is 4. The molecule has 0 fully saturated rings. The fraction of sp³-hybridized carbons (Fsp3) is 0.471. The van der Waals surface area contributed by atoms with Crippen molar-refractivity contribution in [1.82, 2.24) is 4.98 Å². The lowest BCUT2D eigenvalue weighted by molar-refractivity contribution is 0.555. The summed E-state index contributed by atoms with van der Waals surface area (Å²) in [6, 6.07) is 10.6. The zero-order chi connectivity index (χ0) is 13.5. The van der Waals surface area contributed by atoms with Crippen LogP contribution >= 0.6 is 0 Å². The summed E-state index contributed by atoms with van der Waals surface area (Å²) in [5, 5.41) is 1.18. The van der Waals surface area contributed by atoms with Crippen LogP contribution in [0.25, 0.3) is 10.9 Å². The van der Waals surface area contributed by atoms with Crippen molar-refractivity contribution in [3.8, 4) is 0 Å². The lowest BCUT2D eigenvalue weighted by Crippen LogP contribution is -2.10. The second kappa shape index (κ2) is 7.25. The van der Waals surface area contributed by atoms with Gasteiger partial charge in [-0.2, -0.15) is 0 Å². The van der Waals surface area contributed by atoms with Gasteiger partial charge in [0.25, 0.3) is 0 Å². The van der Waals surface area contributed by atoms with E-state index < -0.39 is 0 Å². The molecule has 2 aromatic rings. The first-order chi connectivity index (χ1) is 9.31. The molecule has 0 bridgehead atoms. The maximum absolute atomic E-state index is 6.27. The Kier molecular flexibility index (Phi) is 5.34. The molecule has 2 rings (SSSR count). The standard InChI is InChI=1S/C17H24N2/c1-2-3-4-5-6-9-16(18)15-11-10-14-8-7-12-19-17(14)13-15/h7-8,10-13,16H,2-6,9,18H2,1H3. The molecule has 1 heterocycles. The minimum atomic E-state index is 0.146. The number of rotatable bonds is 7. The predicted molar refractivity (Wildman–Crippen MR) is 82.0 cm³/mol. The van der Waals surface area contributed by atoms with Crippen LogP contribution in [0.1, 0.15) is 57.1 Å². The molecule has 1 unspecified atom stereocenters. The molecule has 0 amide bonds. The quantitative estimate of drug-likeness (QED) is 0.735. The lowest BCUT2D eigenvalue weighted by atomic mass is 9.99. The number of aromatic nitrogens is 1. The predicted octanol–water partition coefficient (Wildman–Crippen LogP) is 4.60. The summed E-state index contributed by atoms with van der Waals surface area (Å²) in [7, 11) is 0. The summed E-state index contributed by atoms with van der Waals surface area (Å²) in [5.41, 5.74) is 8.53. The highest BCUT2D eigenvalue weighted by atomic mass is 14.7. The fourth-order valence-corrected chi connectivity index (χ4v) is 2.45. The van der Waals surface area contributed by atoms with E-state index in [0.717, 1.165) is 11.9 Å². The molecule has 2 N–H and O–H groups in total. The van der Waals surface area contributed by atoms with Crippen LogP contribution < -0.4 is 5.73 Å². The maximum atomic E-state index is 6.27. The van der Waals surface area contributed by atoms with Crippen molar-refractivity contribution in [2.75, 3.05) is 0 Å². The molecule has 0 aliphatic rings. The molecule has 102 valence electrons. The van der Waals surface area contributed by atoms with Gasteiger partial charge < -0.3 is 5.73 Å². The van der Waals surface area contributed by atoms with Gasteiger partial charge in [0.15, 0.2) is 0 Å². The average molecular weight is 256 g/mol. The van der Waals surface area contributed by atoms with E-state index in [9.17, 15) is 0 Å². The third-order valence-corrected chi connectivity index (χ3v) is 3.68. The fourth-order valence-electron chi connectivity index (χ4n) is 2.45. The largest absolute Gasteiger partial charge is 0.324 e. The molecule has 1 atom stereocenters. The minimum absolute atomic E-state index is 0.146. The summed E-state index contributed by atoms with van der Waals surface area (Å²) in [4.78, 5) is 4.39. The zero-order valence-electron chi connectivity index (χ0n) is 11.8. The summed E-state index contributed by atoms with van der Waals surface area (Å²) < 4.78 is 0. The van der Waals surface area contributed by atoms with Gasteiger partial charge in [0, 0.05) is 17.6 Å². The van der Waals surface area contributed by atoms with Crippen molar-refractivity contribution in [2.45, 2.75) is 51.5 Å². The lowest BCUT2D eigenvalue weighted by Gasteiger charge is -2.12. The van der Waals surface area contributed by atoms with Gasteiger partial charge in [-0.15, -0.1) is 0 Å². The van der Waals surface area contributed by atoms with Crippen LogP contribution in [0.3, 0.4) is 0 Å². The highest BCUT2D eigenvalue weighted by Gasteiger charge is 2.06. The summed E-state index contributed by atoms with van der Waals surface area (Å²) in [6.07, 6.45) is 9.40. The Hall–Kier alpha value is -1.41. The monoisotopic (exact) mass is 256 g/mol. The van der Waals surface area contributed by atoms with Gasteiger partial charge >= 0.3 is 0 Å². The minimum Gasteiger partial charge on any atom is -0.324 e. The van der Waals surface area contributed by atoms with Crippen molar-refractivity contribution in [3.63, 3.8) is 0 Å². The number of benzene rings is 1. The first-order valence-electron chi connectivity index (χ1n) is 7.41. The van der Waals surface area contributed by atoms with E-state index in [-0.39, 0.29) is 6.04 Å². The van der Waals surface area contributed by atoms with Crippen molar-refractivity contribution in [3.05, 3.63) is 42.1 Å². The molecule has 0 radical (unpaired) electrons. The molecule has 0 spiro atoms. The van der Waals surface area contributed by atoms with E-state index >= 15 is 0 Å². The van der Waals surface area contributed by atoms with E-state index in [1.807, 2.05) is 12.3 Å². The van der Waals surface area contributed by atoms with E-state index in [4.69, 9.17) is 5.73 Å². The zero-order valence-corrected chi connectivity index (χ0v) is 11.8. The van der Waals surface area contributed by atoms with E-state index in [1.54, 1.807) is 0 Å². The topological polar surface area (TPSA) is 38.9 Å². The Labute approximate surface area is 116 Å². The molecule has 2 heteroatoms. The second-order valence-corrected chi connectivity index (χ2v) is 5.26. The van der Waals surface area contributed by atoms with Crippen molar-refractivity contribution >= 4 is 10.9 Å². The molecule has 0 saturated heterocycles. The van der Waals surface area contributed by atoms with Gasteiger partial charge in [0.05, 0.1) is 5.52 Å². The number of hydrogen-bond acceptors (Lipinski definition) is 2. The van der Waals surface area contributed by atoms with Gasteiger partial charge in [-0.25, -0.2) is 0 Å². The number of fused-ring (bicyclic) bond motifs is 1.